The van der Waals surface area contributed by atoms with Gasteiger partial charge in [0.2, 0.25) is 26.0 Å². The molecule has 2 N–H and O–H groups in total. The number of rotatable bonds is 17. The highest BCUT2D eigenvalue weighted by Gasteiger charge is 2.36. The molecule has 384 valence electrons. The molecule has 2 aromatic heterocycles. The Bertz CT molecular complexity index is 2770. The summed E-state index contributed by atoms with van der Waals surface area (Å²) < 4.78 is 71.4. The quantitative estimate of drug-likeness (QED) is 0.125. The van der Waals surface area contributed by atoms with Crippen molar-refractivity contribution >= 4 is 65.5 Å². The van der Waals surface area contributed by atoms with Crippen LogP contribution in [-0.4, -0.2) is 148 Å². The van der Waals surface area contributed by atoms with Crippen LogP contribution in [0.5, 0.6) is 0 Å². The smallest absolute Gasteiger partial charge is 0.323 e. The second-order valence-electron chi connectivity index (χ2n) is 18.9. The summed E-state index contributed by atoms with van der Waals surface area (Å²) in [6, 6.07) is 10.3. The van der Waals surface area contributed by atoms with Gasteiger partial charge in [-0.25, -0.2) is 24.8 Å². The highest BCUT2D eigenvalue weighted by Crippen LogP contribution is 2.42. The van der Waals surface area contributed by atoms with Crippen molar-refractivity contribution in [3.63, 3.8) is 0 Å². The molecule has 17 nitrogen and oxygen atoms in total. The average Bonchev–Trinajstić information content (AvgIpc) is 3.90. The predicted molar refractivity (Wildman–Crippen MR) is 267 cm³/mol. The van der Waals surface area contributed by atoms with Gasteiger partial charge in [0.1, 0.15) is 6.54 Å². The number of nitrogens with one attached hydrogen (secondary N) is 1. The fraction of sp³-hybridized carbons (Fsp3) is 0.608. The van der Waals surface area contributed by atoms with Crippen LogP contribution < -0.4 is 5.32 Å². The van der Waals surface area contributed by atoms with Crippen LogP contribution in [0.4, 0.5) is 0 Å². The van der Waals surface area contributed by atoms with E-state index in [0.29, 0.717) is 78.4 Å². The van der Waals surface area contributed by atoms with Crippen molar-refractivity contribution in [1.29, 1.82) is 0 Å². The van der Waals surface area contributed by atoms with Crippen molar-refractivity contribution in [2.45, 2.75) is 91.9 Å². The predicted octanol–water partition coefficient (Wildman–Crippen LogP) is 5.51. The zero-order chi connectivity index (χ0) is 50.3. The monoisotopic (exact) mass is 1010 g/mol. The molecule has 2 fully saturated rings. The highest BCUT2D eigenvalue weighted by atomic mass is 32.2. The second-order valence-corrected chi connectivity index (χ2v) is 23.1. The molecule has 3 amide bonds. The fourth-order valence-corrected chi connectivity index (χ4v) is 13.6. The topological polar surface area (TPSA) is 213 Å². The van der Waals surface area contributed by atoms with Gasteiger partial charge in [-0.15, -0.1) is 0 Å². The number of likely N-dealkylation sites (N-methyl/N-ethyl adjacent to an activating group) is 2. The van der Waals surface area contributed by atoms with E-state index in [1.54, 1.807) is 58.2 Å². The maximum Gasteiger partial charge on any atom is 0.323 e. The Morgan fingerprint density at radius 2 is 1.09 bits per heavy atom. The number of ether oxygens (including phenoxy) is 3. The molecule has 2 aromatic carbocycles. The van der Waals surface area contributed by atoms with Crippen LogP contribution in [0.1, 0.15) is 109 Å². The number of fused-ring (bicyclic) bond motifs is 6. The van der Waals surface area contributed by atoms with Gasteiger partial charge in [0, 0.05) is 86.5 Å². The van der Waals surface area contributed by atoms with Gasteiger partial charge in [0.25, 0.3) is 11.8 Å². The van der Waals surface area contributed by atoms with Crippen LogP contribution >= 0.6 is 0 Å². The molecule has 2 unspecified atom stereocenters. The van der Waals surface area contributed by atoms with E-state index in [0.717, 1.165) is 111 Å². The number of aromatic nitrogens is 2. The van der Waals surface area contributed by atoms with Crippen molar-refractivity contribution in [1.82, 2.24) is 23.1 Å². The molecular weight excluding hydrogens is 939 g/mol. The summed E-state index contributed by atoms with van der Waals surface area (Å²) in [4.78, 5) is 52.7. The van der Waals surface area contributed by atoms with E-state index in [4.69, 9.17) is 19.3 Å². The molecule has 0 radical (unpaired) electrons. The van der Waals surface area contributed by atoms with Crippen LogP contribution in [0.25, 0.3) is 21.8 Å². The minimum atomic E-state index is -3.51. The molecule has 0 spiro atoms. The van der Waals surface area contributed by atoms with Gasteiger partial charge in [-0.2, -0.15) is 0 Å². The lowest BCUT2D eigenvalue weighted by atomic mass is 9.75. The molecule has 70 heavy (non-hydrogen) atoms. The Morgan fingerprint density at radius 1 is 0.657 bits per heavy atom. The Hall–Kier alpha value is -4.82. The number of hydrogen-bond acceptors (Lipinski definition) is 11. The minimum absolute atomic E-state index is 0.00445. The molecule has 0 saturated carbocycles. The summed E-state index contributed by atoms with van der Waals surface area (Å²) in [5.41, 5.74) is 5.83. The van der Waals surface area contributed by atoms with Gasteiger partial charge in [-0.1, -0.05) is 0 Å². The first-order chi connectivity index (χ1) is 33.6. The van der Waals surface area contributed by atoms with Gasteiger partial charge in [-0.3, -0.25) is 19.2 Å². The molecule has 4 heterocycles. The number of carboxylic acid groups (broad SMARTS) is 1. The number of methoxy groups -OCH3 is 1. The van der Waals surface area contributed by atoms with E-state index in [1.165, 1.54) is 17.7 Å². The number of amides is 3. The summed E-state index contributed by atoms with van der Waals surface area (Å²) in [5.74, 6) is 0.147. The number of benzene rings is 2. The minimum Gasteiger partial charge on any atom is -0.480 e. The van der Waals surface area contributed by atoms with Crippen molar-refractivity contribution in [2.24, 2.45) is 23.7 Å². The highest BCUT2D eigenvalue weighted by molar-refractivity contribution is 7.90. The van der Waals surface area contributed by atoms with E-state index >= 15 is 0 Å². The summed E-state index contributed by atoms with van der Waals surface area (Å²) in [6.07, 6.45) is 9.01. The lowest BCUT2D eigenvalue weighted by molar-refractivity contribution is -0.137. The zero-order valence-electron chi connectivity index (χ0n) is 41.4. The summed E-state index contributed by atoms with van der Waals surface area (Å²) in [6.45, 7) is 11.0. The number of hydrogen-bond donors (Lipinski definition) is 2. The second kappa shape index (κ2) is 23.2. The first-order valence-electron chi connectivity index (χ1n) is 25.1. The third-order valence-electron chi connectivity index (χ3n) is 15.0. The number of aliphatic carboxylic acids is 1. The van der Waals surface area contributed by atoms with E-state index in [1.807, 2.05) is 13.0 Å². The van der Waals surface area contributed by atoms with E-state index in [-0.39, 0.29) is 48.9 Å². The molecule has 2 aliphatic heterocycles. The molecule has 4 aliphatic rings. The average molecular weight is 1010 g/mol. The largest absolute Gasteiger partial charge is 0.480 e. The Labute approximate surface area is 412 Å². The van der Waals surface area contributed by atoms with Crippen molar-refractivity contribution in [3.05, 3.63) is 70.0 Å². The van der Waals surface area contributed by atoms with Gasteiger partial charge in [0.15, 0.2) is 0 Å². The van der Waals surface area contributed by atoms with E-state index in [2.05, 4.69) is 5.32 Å². The third kappa shape index (κ3) is 11.4. The number of carbonyl (C=O) groups is 4. The molecular formula is C51H71N5O12S2. The Kier molecular flexibility index (Phi) is 17.5. The number of nitrogens with zero attached hydrogens (tertiary/aromatic N) is 4. The molecule has 8 rings (SSSR count). The number of carbonyl (C=O) groups excluding carboxylic acids is 3. The van der Waals surface area contributed by atoms with Crippen LogP contribution in [0, 0.1) is 23.7 Å². The number of carboxylic acids is 1. The van der Waals surface area contributed by atoms with Crippen molar-refractivity contribution < 1.29 is 55.3 Å². The SMILES string of the molecule is CCN(CC(=O)NCCOC)C(=O)c1ccc2c(c1)c1c(n2S(=O)(=O)CC)CCC(C2CCOCC2)C1.CCN(CC(=O)O)C(=O)c1ccc2c(c1)c1c(n2S(=O)(=O)CC)CCC(C2CCOCC2)C1. The Morgan fingerprint density at radius 3 is 1.47 bits per heavy atom. The molecule has 2 aliphatic carbocycles. The lowest BCUT2D eigenvalue weighted by Crippen LogP contribution is -2.41. The van der Waals surface area contributed by atoms with Gasteiger partial charge in [-0.05, 0) is 163 Å². The Balaban J connectivity index is 0.000000208. The maximum absolute atomic E-state index is 13.4. The first kappa shape index (κ1) is 53.0. The van der Waals surface area contributed by atoms with Crippen molar-refractivity contribution in [3.8, 4) is 0 Å². The zero-order valence-corrected chi connectivity index (χ0v) is 43.0. The summed E-state index contributed by atoms with van der Waals surface area (Å²) >= 11 is 0. The molecule has 19 heteroatoms. The molecule has 4 aromatic rings. The van der Waals surface area contributed by atoms with Crippen molar-refractivity contribution in [2.75, 3.05) is 84.4 Å². The maximum atomic E-state index is 13.4. The standard InChI is InChI=1S/C27H39N3O6S.C24H32N2O6S/c1-4-29(18-26(31)28-12-15-35-3)27(32)21-7-9-25-23(17-21)22-16-20(19-10-13-36-14-11-19)6-8-24(22)30(25)37(33,34)5-2;1-3-25(15-23(27)28)24(29)18-6-8-22-20(14-18)19-13-17(16-9-11-32-12-10-16)5-7-21(19)26(22)33(30,31)4-2/h7,9,17,19-20H,4-6,8,10-16,18H2,1-3H3,(H,28,31);6,8,14,16-17H,3-5,7,9-13,15H2,1-2H3,(H,27,28). The summed E-state index contributed by atoms with van der Waals surface area (Å²) in [5, 5.41) is 13.5. The first-order valence-corrected chi connectivity index (χ1v) is 28.3. The molecule has 2 saturated heterocycles. The fourth-order valence-electron chi connectivity index (χ4n) is 11.1. The van der Waals surface area contributed by atoms with E-state index < -0.39 is 26.0 Å². The van der Waals surface area contributed by atoms with Crippen LogP contribution in [0.15, 0.2) is 36.4 Å². The molecule has 0 bridgehead atoms. The van der Waals surface area contributed by atoms with E-state index in [9.17, 15) is 36.0 Å². The normalized spacial score (nSPS) is 18.9. The third-order valence-corrected chi connectivity index (χ3v) is 18.4. The lowest BCUT2D eigenvalue weighted by Gasteiger charge is -2.33. The van der Waals surface area contributed by atoms with Crippen LogP contribution in [0.2, 0.25) is 0 Å². The van der Waals surface area contributed by atoms with Crippen LogP contribution in [-0.2, 0) is 69.5 Å². The van der Waals surface area contributed by atoms with Gasteiger partial charge >= 0.3 is 5.97 Å². The molecule has 2 atom stereocenters. The van der Waals surface area contributed by atoms with Gasteiger partial charge in [0.05, 0.1) is 35.7 Å². The van der Waals surface area contributed by atoms with Crippen LogP contribution in [0.3, 0.4) is 0 Å². The van der Waals surface area contributed by atoms with Gasteiger partial charge < -0.3 is 34.4 Å². The summed E-state index contributed by atoms with van der Waals surface area (Å²) in [7, 11) is -5.46.